The van der Waals surface area contributed by atoms with Gasteiger partial charge in [-0.15, -0.1) is 0 Å². The van der Waals surface area contributed by atoms with Gasteiger partial charge in [0.2, 0.25) is 0 Å². The summed E-state index contributed by atoms with van der Waals surface area (Å²) in [5.74, 6) is 0. The molecule has 2 aromatic rings. The maximum atomic E-state index is 12.3. The van der Waals surface area contributed by atoms with Gasteiger partial charge < -0.3 is 10.2 Å². The molecule has 0 saturated carbocycles. The molecule has 1 fully saturated rings. The number of aromatic amines is 1. The third-order valence-corrected chi connectivity index (χ3v) is 5.45. The van der Waals surface area contributed by atoms with E-state index in [4.69, 9.17) is 0 Å². The van der Waals surface area contributed by atoms with Crippen molar-refractivity contribution in [2.45, 2.75) is 12.3 Å². The van der Waals surface area contributed by atoms with Crippen molar-refractivity contribution < 1.29 is 0 Å². The first-order chi connectivity index (χ1) is 11.1. The third kappa shape index (κ3) is 3.36. The predicted molar refractivity (Wildman–Crippen MR) is 100 cm³/mol. The lowest BCUT2D eigenvalue weighted by molar-refractivity contribution is 0.586. The highest BCUT2D eigenvalue weighted by Crippen LogP contribution is 2.32. The van der Waals surface area contributed by atoms with Crippen LogP contribution in [0.1, 0.15) is 11.1 Å². The van der Waals surface area contributed by atoms with Crippen molar-refractivity contribution in [3.05, 3.63) is 44.2 Å². The van der Waals surface area contributed by atoms with Crippen molar-refractivity contribution in [1.29, 1.82) is 0 Å². The number of aromatic nitrogens is 2. The second-order valence-electron chi connectivity index (χ2n) is 5.58. The molecule has 7 heteroatoms. The average Bonchev–Trinajstić information content (AvgIpc) is 2.56. The van der Waals surface area contributed by atoms with Gasteiger partial charge in [0.05, 0.1) is 4.47 Å². The zero-order valence-corrected chi connectivity index (χ0v) is 16.0. The van der Waals surface area contributed by atoms with Gasteiger partial charge in [-0.1, -0.05) is 28.1 Å². The molecule has 1 aromatic carbocycles. The summed E-state index contributed by atoms with van der Waals surface area (Å²) in [4.78, 5) is 14.4. The van der Waals surface area contributed by atoms with Gasteiger partial charge in [-0.25, -0.2) is 5.10 Å². The van der Waals surface area contributed by atoms with Gasteiger partial charge in [0.15, 0.2) is 0 Å². The van der Waals surface area contributed by atoms with Crippen LogP contribution in [0.2, 0.25) is 0 Å². The van der Waals surface area contributed by atoms with Gasteiger partial charge in [0.25, 0.3) is 5.56 Å². The minimum Gasteiger partial charge on any atom is -0.364 e. The molecule has 0 amide bonds. The van der Waals surface area contributed by atoms with Gasteiger partial charge in [-0.3, -0.25) is 4.79 Å². The van der Waals surface area contributed by atoms with E-state index in [1.807, 2.05) is 6.07 Å². The molecule has 1 aromatic heterocycles. The lowest BCUT2D eigenvalue weighted by Gasteiger charge is -2.29. The van der Waals surface area contributed by atoms with Crippen LogP contribution in [0.15, 0.2) is 27.5 Å². The minimum absolute atomic E-state index is 0.156. The summed E-state index contributed by atoms with van der Waals surface area (Å²) >= 11 is 7.10. The maximum Gasteiger partial charge on any atom is 0.288 e. The highest BCUT2D eigenvalue weighted by Gasteiger charge is 2.21. The fraction of sp³-hybridized carbons (Fsp3) is 0.375. The Hall–Kier alpha value is -1.18. The lowest BCUT2D eigenvalue weighted by atomic mass is 10.0. The van der Waals surface area contributed by atoms with Crippen LogP contribution in [-0.4, -0.2) is 36.4 Å². The Kier molecular flexibility index (Phi) is 5.18. The molecule has 5 nitrogen and oxygen atoms in total. The van der Waals surface area contributed by atoms with E-state index in [2.05, 4.69) is 71.3 Å². The van der Waals surface area contributed by atoms with Gasteiger partial charge in [0.1, 0.15) is 11.4 Å². The van der Waals surface area contributed by atoms with Crippen LogP contribution in [0.3, 0.4) is 0 Å². The summed E-state index contributed by atoms with van der Waals surface area (Å²) < 4.78 is 0.758. The normalized spacial score (nSPS) is 15.0. The Labute approximate surface area is 151 Å². The van der Waals surface area contributed by atoms with Crippen molar-refractivity contribution in [3.63, 3.8) is 0 Å². The van der Waals surface area contributed by atoms with Gasteiger partial charge in [0, 0.05) is 37.1 Å². The molecule has 2 heterocycles. The standard InChI is InChI=1S/C16H18Br2N4O/c1-10-8-11(2-3-12(10)9-17)14-13(18)15(16(23)21-20-14)22-6-4-19-5-7-22/h2-3,8,19H,4-7,9H2,1H3,(H,21,23). The first-order valence-corrected chi connectivity index (χ1v) is 9.43. The molecule has 0 spiro atoms. The molecule has 23 heavy (non-hydrogen) atoms. The van der Waals surface area contributed by atoms with Crippen LogP contribution in [0.5, 0.6) is 0 Å². The van der Waals surface area contributed by atoms with Crippen LogP contribution >= 0.6 is 31.9 Å². The van der Waals surface area contributed by atoms with E-state index in [0.717, 1.165) is 47.2 Å². The van der Waals surface area contributed by atoms with Crippen molar-refractivity contribution >= 4 is 37.5 Å². The molecular weight excluding hydrogens is 424 g/mol. The number of hydrogen-bond acceptors (Lipinski definition) is 4. The Balaban J connectivity index is 2.07. The molecule has 2 N–H and O–H groups in total. The van der Waals surface area contributed by atoms with Crippen molar-refractivity contribution in [2.75, 3.05) is 31.1 Å². The minimum atomic E-state index is -0.156. The smallest absolute Gasteiger partial charge is 0.288 e. The topological polar surface area (TPSA) is 61.0 Å². The number of aryl methyl sites for hydroxylation is 1. The summed E-state index contributed by atoms with van der Waals surface area (Å²) in [7, 11) is 0. The van der Waals surface area contributed by atoms with Crippen molar-refractivity contribution in [3.8, 4) is 11.3 Å². The van der Waals surface area contributed by atoms with Crippen LogP contribution < -0.4 is 15.8 Å². The van der Waals surface area contributed by atoms with Crippen LogP contribution in [0.4, 0.5) is 5.69 Å². The zero-order chi connectivity index (χ0) is 16.4. The summed E-state index contributed by atoms with van der Waals surface area (Å²) in [6.07, 6.45) is 0. The molecule has 0 radical (unpaired) electrons. The Morgan fingerprint density at radius 1 is 1.30 bits per heavy atom. The lowest BCUT2D eigenvalue weighted by Crippen LogP contribution is -2.45. The molecule has 1 aliphatic rings. The van der Waals surface area contributed by atoms with Gasteiger partial charge in [-0.05, 0) is 40.0 Å². The fourth-order valence-electron chi connectivity index (χ4n) is 2.78. The number of nitrogens with zero attached hydrogens (tertiary/aromatic N) is 2. The largest absolute Gasteiger partial charge is 0.364 e. The second-order valence-corrected chi connectivity index (χ2v) is 6.93. The molecule has 0 atom stereocenters. The monoisotopic (exact) mass is 440 g/mol. The SMILES string of the molecule is Cc1cc(-c2n[nH]c(=O)c(N3CCNCC3)c2Br)ccc1CBr. The number of H-pyrrole nitrogens is 1. The molecular formula is C16H18Br2N4O. The van der Waals surface area contributed by atoms with E-state index in [1.54, 1.807) is 0 Å². The molecule has 1 aliphatic heterocycles. The molecule has 0 aliphatic carbocycles. The molecule has 0 unspecified atom stereocenters. The summed E-state index contributed by atoms with van der Waals surface area (Å²) in [6, 6.07) is 6.23. The summed E-state index contributed by atoms with van der Waals surface area (Å²) in [5, 5.41) is 11.0. The van der Waals surface area contributed by atoms with E-state index in [-0.39, 0.29) is 5.56 Å². The number of hydrogen-bond donors (Lipinski definition) is 2. The number of benzene rings is 1. The van der Waals surface area contributed by atoms with Crippen LogP contribution in [-0.2, 0) is 5.33 Å². The molecule has 3 rings (SSSR count). The number of rotatable bonds is 3. The molecule has 122 valence electrons. The maximum absolute atomic E-state index is 12.3. The van der Waals surface area contributed by atoms with E-state index in [1.165, 1.54) is 11.1 Å². The van der Waals surface area contributed by atoms with E-state index < -0.39 is 0 Å². The van der Waals surface area contributed by atoms with Crippen LogP contribution in [0, 0.1) is 6.92 Å². The van der Waals surface area contributed by atoms with Gasteiger partial charge in [-0.2, -0.15) is 5.10 Å². The molecule has 0 bridgehead atoms. The van der Waals surface area contributed by atoms with E-state index >= 15 is 0 Å². The third-order valence-electron chi connectivity index (χ3n) is 4.09. The van der Waals surface area contributed by atoms with Gasteiger partial charge >= 0.3 is 0 Å². The second kappa shape index (κ2) is 7.15. The van der Waals surface area contributed by atoms with Crippen LogP contribution in [0.25, 0.3) is 11.3 Å². The first-order valence-electron chi connectivity index (χ1n) is 7.51. The number of piperazine rings is 1. The summed E-state index contributed by atoms with van der Waals surface area (Å²) in [5.41, 5.74) is 4.71. The highest BCUT2D eigenvalue weighted by atomic mass is 79.9. The highest BCUT2D eigenvalue weighted by molar-refractivity contribution is 9.10. The Morgan fingerprint density at radius 2 is 2.04 bits per heavy atom. The number of halogens is 2. The predicted octanol–water partition coefficient (Wildman–Crippen LogP) is 2.81. The average molecular weight is 442 g/mol. The number of alkyl halides is 1. The zero-order valence-electron chi connectivity index (χ0n) is 12.8. The quantitative estimate of drug-likeness (QED) is 0.719. The van der Waals surface area contributed by atoms with Crippen molar-refractivity contribution in [2.24, 2.45) is 0 Å². The summed E-state index contributed by atoms with van der Waals surface area (Å²) in [6.45, 7) is 5.46. The Bertz CT molecular complexity index is 769. The molecule has 1 saturated heterocycles. The number of anilines is 1. The first kappa shape index (κ1) is 16.7. The van der Waals surface area contributed by atoms with Crippen molar-refractivity contribution in [1.82, 2.24) is 15.5 Å². The van der Waals surface area contributed by atoms with E-state index in [0.29, 0.717) is 5.69 Å². The Morgan fingerprint density at radius 3 is 2.70 bits per heavy atom. The van der Waals surface area contributed by atoms with E-state index in [9.17, 15) is 4.79 Å². The fourth-order valence-corrected chi connectivity index (χ4v) is 4.15. The number of nitrogens with one attached hydrogen (secondary N) is 2.